The highest BCUT2D eigenvalue weighted by molar-refractivity contribution is 6.08. The number of nitrogens with one attached hydrogen (secondary N) is 1. The van der Waals surface area contributed by atoms with E-state index in [0.29, 0.717) is 23.0 Å². The smallest absolute Gasteiger partial charge is 0.435 e. The largest absolute Gasteiger partial charge is 0.497 e. The number of nitrogens with zero attached hydrogens (tertiary/aromatic N) is 4. The van der Waals surface area contributed by atoms with E-state index in [0.717, 1.165) is 36.2 Å². The number of carbonyl (C=O) groups is 1. The van der Waals surface area contributed by atoms with Crippen molar-refractivity contribution in [3.05, 3.63) is 71.0 Å². The van der Waals surface area contributed by atoms with Crippen molar-refractivity contribution >= 4 is 17.4 Å². The zero-order valence-electron chi connectivity index (χ0n) is 19.8. The molecule has 10 heteroatoms. The number of fused-ring (bicyclic) bond motifs is 1. The van der Waals surface area contributed by atoms with Crippen LogP contribution in [0.4, 0.5) is 18.9 Å². The Labute approximate surface area is 206 Å². The second-order valence-electron chi connectivity index (χ2n) is 8.93. The molecule has 0 aliphatic carbocycles. The third kappa shape index (κ3) is 4.31. The molecule has 0 bridgehead atoms. The van der Waals surface area contributed by atoms with Crippen molar-refractivity contribution in [2.75, 3.05) is 31.6 Å². The summed E-state index contributed by atoms with van der Waals surface area (Å²) in [5.74, 6) is 0.439. The van der Waals surface area contributed by atoms with Crippen molar-refractivity contribution in [1.82, 2.24) is 14.7 Å². The SMILES string of the molecule is COc1ccc(-n2nc(C(F)(F)F)c3c2C(=O)N(c2ccc(C(=N)N4CCCCC4)cc2)CC3)cc1. The summed E-state index contributed by atoms with van der Waals surface area (Å²) in [5, 5.41) is 12.3. The summed E-state index contributed by atoms with van der Waals surface area (Å²) >= 11 is 0. The van der Waals surface area contributed by atoms with Gasteiger partial charge in [-0.1, -0.05) is 0 Å². The van der Waals surface area contributed by atoms with Crippen LogP contribution in [0, 0.1) is 5.41 Å². The van der Waals surface area contributed by atoms with Crippen molar-refractivity contribution in [2.45, 2.75) is 31.9 Å². The Hall–Kier alpha value is -3.82. The fourth-order valence-electron chi connectivity index (χ4n) is 4.84. The standard InChI is InChI=1S/C26H26F3N5O2/c1-36-20-11-9-19(10-12-20)34-22-21(23(31-34)26(27,28)29)13-16-33(25(22)35)18-7-5-17(6-8-18)24(30)32-14-3-2-4-15-32/h5-12,30H,2-4,13-16H2,1H3. The monoisotopic (exact) mass is 497 g/mol. The van der Waals surface area contributed by atoms with Gasteiger partial charge in [0.15, 0.2) is 5.69 Å². The number of amidine groups is 1. The number of halogens is 3. The number of aromatic nitrogens is 2. The number of methoxy groups -OCH3 is 1. The maximum atomic E-state index is 13.8. The van der Waals surface area contributed by atoms with E-state index in [1.807, 2.05) is 4.90 Å². The Morgan fingerprint density at radius 3 is 2.19 bits per heavy atom. The van der Waals surface area contributed by atoms with E-state index in [2.05, 4.69) is 5.10 Å². The van der Waals surface area contributed by atoms with Gasteiger partial charge >= 0.3 is 6.18 Å². The molecule has 0 atom stereocenters. The van der Waals surface area contributed by atoms with Crippen LogP contribution in [-0.4, -0.2) is 53.2 Å². The van der Waals surface area contributed by atoms with Gasteiger partial charge in [-0.05, 0) is 74.2 Å². The van der Waals surface area contributed by atoms with Crippen molar-refractivity contribution in [1.29, 1.82) is 5.41 Å². The minimum absolute atomic E-state index is 0.0252. The number of amides is 1. The van der Waals surface area contributed by atoms with E-state index in [-0.39, 0.29) is 24.2 Å². The fourth-order valence-corrected chi connectivity index (χ4v) is 4.84. The lowest BCUT2D eigenvalue weighted by Gasteiger charge is -2.30. The molecule has 0 unspecified atom stereocenters. The summed E-state index contributed by atoms with van der Waals surface area (Å²) in [5.41, 5.74) is 0.423. The Bertz CT molecular complexity index is 1280. The highest BCUT2D eigenvalue weighted by Crippen LogP contribution is 2.37. The number of hydrogen-bond donors (Lipinski definition) is 1. The van der Waals surface area contributed by atoms with Gasteiger partial charge in [-0.3, -0.25) is 10.2 Å². The number of likely N-dealkylation sites (tertiary alicyclic amines) is 1. The van der Waals surface area contributed by atoms with Crippen LogP contribution in [0.5, 0.6) is 5.75 Å². The molecule has 0 saturated carbocycles. The molecular formula is C26H26F3N5O2. The molecule has 1 aromatic heterocycles. The lowest BCUT2D eigenvalue weighted by atomic mass is 10.0. The quantitative estimate of drug-likeness (QED) is 0.411. The molecular weight excluding hydrogens is 471 g/mol. The van der Waals surface area contributed by atoms with Gasteiger partial charge in [-0.2, -0.15) is 18.3 Å². The molecule has 3 heterocycles. The second kappa shape index (κ2) is 9.33. The molecule has 0 spiro atoms. The Balaban J connectivity index is 1.47. The van der Waals surface area contributed by atoms with E-state index in [9.17, 15) is 18.0 Å². The maximum Gasteiger partial charge on any atom is 0.435 e. The molecule has 1 amide bonds. The van der Waals surface area contributed by atoms with Gasteiger partial charge in [-0.25, -0.2) is 4.68 Å². The molecule has 36 heavy (non-hydrogen) atoms. The molecule has 1 N–H and O–H groups in total. The zero-order chi connectivity index (χ0) is 25.4. The first kappa shape index (κ1) is 23.9. The van der Waals surface area contributed by atoms with Crippen LogP contribution in [0.25, 0.3) is 5.69 Å². The number of rotatable bonds is 4. The lowest BCUT2D eigenvalue weighted by Crippen LogP contribution is -2.39. The molecule has 5 rings (SSSR count). The second-order valence-corrected chi connectivity index (χ2v) is 8.93. The van der Waals surface area contributed by atoms with E-state index in [1.165, 1.54) is 18.4 Å². The van der Waals surface area contributed by atoms with Crippen molar-refractivity contribution < 1.29 is 22.7 Å². The van der Waals surface area contributed by atoms with Crippen LogP contribution in [0.2, 0.25) is 0 Å². The predicted octanol–water partition coefficient (Wildman–Crippen LogP) is 4.91. The predicted molar refractivity (Wildman–Crippen MR) is 129 cm³/mol. The first-order valence-corrected chi connectivity index (χ1v) is 11.9. The first-order chi connectivity index (χ1) is 17.3. The van der Waals surface area contributed by atoms with Crippen LogP contribution in [0.1, 0.15) is 46.6 Å². The normalized spacial score (nSPS) is 16.2. The molecule has 1 fully saturated rings. The zero-order valence-corrected chi connectivity index (χ0v) is 19.8. The van der Waals surface area contributed by atoms with Crippen molar-refractivity contribution in [3.8, 4) is 11.4 Å². The molecule has 188 valence electrons. The number of anilines is 1. The van der Waals surface area contributed by atoms with E-state index in [1.54, 1.807) is 48.5 Å². The van der Waals surface area contributed by atoms with Gasteiger partial charge in [-0.15, -0.1) is 0 Å². The van der Waals surface area contributed by atoms with E-state index < -0.39 is 17.8 Å². The van der Waals surface area contributed by atoms with Gasteiger partial charge in [0.05, 0.1) is 12.8 Å². The highest BCUT2D eigenvalue weighted by Gasteiger charge is 2.43. The van der Waals surface area contributed by atoms with Crippen LogP contribution in [-0.2, 0) is 12.6 Å². The third-order valence-electron chi connectivity index (χ3n) is 6.73. The van der Waals surface area contributed by atoms with Gasteiger partial charge in [0.2, 0.25) is 0 Å². The summed E-state index contributed by atoms with van der Waals surface area (Å²) in [6.45, 7) is 1.81. The highest BCUT2D eigenvalue weighted by atomic mass is 19.4. The summed E-state index contributed by atoms with van der Waals surface area (Å²) in [4.78, 5) is 17.1. The Kier molecular flexibility index (Phi) is 6.19. The number of benzene rings is 2. The minimum Gasteiger partial charge on any atom is -0.497 e. The molecule has 2 aliphatic heterocycles. The average molecular weight is 498 g/mol. The molecule has 0 radical (unpaired) electrons. The molecule has 7 nitrogen and oxygen atoms in total. The Morgan fingerprint density at radius 2 is 1.58 bits per heavy atom. The summed E-state index contributed by atoms with van der Waals surface area (Å²) < 4.78 is 47.6. The number of hydrogen-bond acceptors (Lipinski definition) is 4. The number of carbonyl (C=O) groups excluding carboxylic acids is 1. The van der Waals surface area contributed by atoms with Gasteiger partial charge < -0.3 is 14.5 Å². The topological polar surface area (TPSA) is 74.5 Å². The average Bonchev–Trinajstić information content (AvgIpc) is 3.30. The number of piperidine rings is 1. The number of alkyl halides is 3. The molecule has 2 aliphatic rings. The molecule has 3 aromatic rings. The fraction of sp³-hybridized carbons (Fsp3) is 0.346. The van der Waals surface area contributed by atoms with Crippen LogP contribution in [0.3, 0.4) is 0 Å². The Morgan fingerprint density at radius 1 is 0.944 bits per heavy atom. The van der Waals surface area contributed by atoms with E-state index in [4.69, 9.17) is 10.1 Å². The summed E-state index contributed by atoms with van der Waals surface area (Å²) in [6.07, 6.45) is -1.36. The lowest BCUT2D eigenvalue weighted by molar-refractivity contribution is -0.141. The first-order valence-electron chi connectivity index (χ1n) is 11.9. The maximum absolute atomic E-state index is 13.8. The van der Waals surface area contributed by atoms with Crippen LogP contribution < -0.4 is 9.64 Å². The summed E-state index contributed by atoms with van der Waals surface area (Å²) in [6, 6.07) is 13.4. The number of ether oxygens (including phenoxy) is 1. The molecule has 1 saturated heterocycles. The van der Waals surface area contributed by atoms with Gasteiger partial charge in [0.25, 0.3) is 5.91 Å². The van der Waals surface area contributed by atoms with Crippen LogP contribution in [0.15, 0.2) is 48.5 Å². The molecule has 2 aromatic carbocycles. The van der Waals surface area contributed by atoms with Crippen LogP contribution >= 0.6 is 0 Å². The van der Waals surface area contributed by atoms with E-state index >= 15 is 0 Å². The van der Waals surface area contributed by atoms with Crippen molar-refractivity contribution in [2.24, 2.45) is 0 Å². The van der Waals surface area contributed by atoms with Gasteiger partial charge in [0, 0.05) is 36.4 Å². The van der Waals surface area contributed by atoms with Crippen molar-refractivity contribution in [3.63, 3.8) is 0 Å². The minimum atomic E-state index is -4.68. The summed E-state index contributed by atoms with van der Waals surface area (Å²) in [7, 11) is 1.49. The van der Waals surface area contributed by atoms with Gasteiger partial charge in [0.1, 0.15) is 17.3 Å². The third-order valence-corrected chi connectivity index (χ3v) is 6.73.